The first kappa shape index (κ1) is 25.3. The molecule has 6 nitrogen and oxygen atoms in total. The fourth-order valence-corrected chi connectivity index (χ4v) is 8.71. The Morgan fingerprint density at radius 2 is 2.06 bits per heavy atom. The van der Waals surface area contributed by atoms with E-state index in [9.17, 15) is 9.90 Å². The number of epoxide rings is 1. The molecule has 1 saturated heterocycles. The highest BCUT2D eigenvalue weighted by molar-refractivity contribution is 6.74. The lowest BCUT2D eigenvalue weighted by Crippen LogP contribution is -2.66. The van der Waals surface area contributed by atoms with Gasteiger partial charge in [-0.25, -0.2) is 4.39 Å². The number of nitrogens with two attached hydrogens (primary N) is 1. The normalized spacial score (nSPS) is 47.5. The highest BCUT2D eigenvalue weighted by Crippen LogP contribution is 2.76. The second-order valence-corrected chi connectivity index (χ2v) is 18.1. The number of ketones is 1. The first-order valence-electron chi connectivity index (χ1n) is 13.0. The Balaban J connectivity index is 1.45. The summed E-state index contributed by atoms with van der Waals surface area (Å²) >= 11 is 0. The highest BCUT2D eigenvalue weighted by Gasteiger charge is 2.87. The van der Waals surface area contributed by atoms with Crippen LogP contribution in [0.3, 0.4) is 0 Å². The van der Waals surface area contributed by atoms with Crippen LogP contribution >= 0.6 is 0 Å². The van der Waals surface area contributed by atoms with Gasteiger partial charge in [-0.05, 0) is 68.3 Å². The van der Waals surface area contributed by atoms with Crippen LogP contribution in [0.25, 0.3) is 0 Å². The second kappa shape index (κ2) is 7.36. The molecule has 5 rings (SSSR count). The maximum atomic E-state index is 17.3. The zero-order valence-electron chi connectivity index (χ0n) is 22.2. The van der Waals surface area contributed by atoms with Crippen molar-refractivity contribution >= 4 is 19.8 Å². The maximum absolute atomic E-state index is 17.3. The number of aliphatic hydroxyl groups is 1. The third kappa shape index (κ3) is 2.97. The monoisotopic (exact) mass is 504 g/mol. The Kier molecular flexibility index (Phi) is 5.32. The third-order valence-corrected chi connectivity index (χ3v) is 15.3. The molecule has 194 valence electrons. The van der Waals surface area contributed by atoms with Crippen molar-refractivity contribution in [2.24, 2.45) is 34.1 Å². The summed E-state index contributed by atoms with van der Waals surface area (Å²) in [5.41, 5.74) is -3.00. The van der Waals surface area contributed by atoms with Crippen LogP contribution in [0.15, 0.2) is 28.9 Å². The van der Waals surface area contributed by atoms with Crippen LogP contribution in [0.2, 0.25) is 18.1 Å². The van der Waals surface area contributed by atoms with Crippen molar-refractivity contribution in [1.29, 1.82) is 0 Å². The standard InChI is InChI=1S/C27H41FN2O4Si/c1-16-12-20-19-9-8-17-13-18(30-29)10-11-24(17,5)26(19,28)21(31)14-25(20)27(16,34-25)22(32)15-33-35(6,7)23(2,3)4/h10-11,13,16,19-21,31H,8-9,12,14-15,29H2,1-7H3/b30-18+/t16-,19+,20+,21+,24+,25-,26+,27+/m1/s1. The van der Waals surface area contributed by atoms with E-state index in [1.165, 1.54) is 0 Å². The minimum Gasteiger partial charge on any atom is -0.409 e. The lowest BCUT2D eigenvalue weighted by Gasteiger charge is -2.59. The van der Waals surface area contributed by atoms with Gasteiger partial charge in [0.25, 0.3) is 0 Å². The van der Waals surface area contributed by atoms with Gasteiger partial charge in [0.2, 0.25) is 0 Å². The molecule has 1 spiro atoms. The Labute approximate surface area is 209 Å². The second-order valence-electron chi connectivity index (χ2n) is 13.3. The molecule has 3 N–H and O–H groups in total. The quantitative estimate of drug-likeness (QED) is 0.255. The number of Topliss-reactive ketones (excluding diaryl/α,β-unsaturated/α-hetero) is 1. The molecule has 0 aromatic carbocycles. The zero-order chi connectivity index (χ0) is 25.8. The summed E-state index contributed by atoms with van der Waals surface area (Å²) in [6.07, 6.45) is 6.39. The molecule has 0 bridgehead atoms. The molecule has 0 amide bonds. The average Bonchev–Trinajstić information content (AvgIpc) is 3.38. The van der Waals surface area contributed by atoms with Crippen molar-refractivity contribution in [2.45, 2.75) is 101 Å². The van der Waals surface area contributed by atoms with Gasteiger partial charge < -0.3 is 20.1 Å². The molecule has 35 heavy (non-hydrogen) atoms. The molecule has 4 fully saturated rings. The zero-order valence-corrected chi connectivity index (χ0v) is 23.2. The number of allylic oxidation sites excluding steroid dienone is 4. The number of hydrogen-bond donors (Lipinski definition) is 2. The van der Waals surface area contributed by atoms with Gasteiger partial charge in [0.05, 0.1) is 18.4 Å². The SMILES string of the molecule is C[C@@H]1C[C@H]2[C@@H]3CCC4=C/C(=N/N)C=C[C@]4(C)[C@@]3(F)[C@@H](O)C[C@@]23O[C@]13C(=O)CO[Si](C)(C)C(C)(C)C. The van der Waals surface area contributed by atoms with Crippen molar-refractivity contribution in [3.8, 4) is 0 Å². The van der Waals surface area contributed by atoms with E-state index < -0.39 is 42.6 Å². The smallest absolute Gasteiger partial charge is 0.192 e. The van der Waals surface area contributed by atoms with Crippen molar-refractivity contribution in [3.63, 3.8) is 0 Å². The van der Waals surface area contributed by atoms with Gasteiger partial charge in [-0.1, -0.05) is 39.3 Å². The molecular weight excluding hydrogens is 463 g/mol. The molecule has 0 radical (unpaired) electrons. The van der Waals surface area contributed by atoms with E-state index in [1.54, 1.807) is 6.08 Å². The van der Waals surface area contributed by atoms with Crippen LogP contribution in [0.4, 0.5) is 4.39 Å². The van der Waals surface area contributed by atoms with Crippen LogP contribution in [-0.4, -0.2) is 54.5 Å². The summed E-state index contributed by atoms with van der Waals surface area (Å²) < 4.78 is 30.0. The van der Waals surface area contributed by atoms with Crippen LogP contribution < -0.4 is 5.84 Å². The van der Waals surface area contributed by atoms with Gasteiger partial charge in [0.15, 0.2) is 25.4 Å². The minimum atomic E-state index is -2.11. The fourth-order valence-electron chi connectivity index (χ4n) is 7.79. The lowest BCUT2D eigenvalue weighted by atomic mass is 9.48. The summed E-state index contributed by atoms with van der Waals surface area (Å²) in [4.78, 5) is 13.7. The molecular formula is C27H41FN2O4Si. The van der Waals surface area contributed by atoms with Crippen LogP contribution in [0, 0.1) is 23.2 Å². The van der Waals surface area contributed by atoms with Gasteiger partial charge in [-0.3, -0.25) is 4.79 Å². The van der Waals surface area contributed by atoms with Crippen molar-refractivity contribution in [1.82, 2.24) is 0 Å². The number of hydrogen-bond acceptors (Lipinski definition) is 6. The molecule has 3 saturated carbocycles. The number of ether oxygens (including phenoxy) is 1. The maximum Gasteiger partial charge on any atom is 0.192 e. The van der Waals surface area contributed by atoms with Crippen molar-refractivity contribution in [2.75, 3.05) is 6.61 Å². The van der Waals surface area contributed by atoms with E-state index in [-0.39, 0.29) is 35.7 Å². The summed E-state index contributed by atoms with van der Waals surface area (Å²) in [5.74, 6) is 4.89. The molecule has 0 aromatic rings. The van der Waals surface area contributed by atoms with E-state index in [4.69, 9.17) is 15.0 Å². The predicted octanol–water partition coefficient (Wildman–Crippen LogP) is 4.44. The summed E-state index contributed by atoms with van der Waals surface area (Å²) in [7, 11) is -2.11. The first-order valence-corrected chi connectivity index (χ1v) is 15.9. The molecule has 4 aliphatic carbocycles. The third-order valence-electron chi connectivity index (χ3n) is 10.9. The number of aliphatic hydroxyl groups excluding tert-OH is 1. The number of rotatable bonds is 4. The van der Waals surface area contributed by atoms with Crippen LogP contribution in [0.5, 0.6) is 0 Å². The Morgan fingerprint density at radius 3 is 2.69 bits per heavy atom. The van der Waals surface area contributed by atoms with Gasteiger partial charge in [0, 0.05) is 17.8 Å². The number of hydrazone groups is 1. The summed E-state index contributed by atoms with van der Waals surface area (Å²) in [6.45, 7) is 14.7. The predicted molar refractivity (Wildman–Crippen MR) is 136 cm³/mol. The Morgan fingerprint density at radius 1 is 1.37 bits per heavy atom. The lowest BCUT2D eigenvalue weighted by molar-refractivity contribution is -0.179. The van der Waals surface area contributed by atoms with E-state index in [0.717, 1.165) is 12.0 Å². The highest BCUT2D eigenvalue weighted by atomic mass is 28.4. The minimum absolute atomic E-state index is 0.00348. The molecule has 5 aliphatic rings. The van der Waals surface area contributed by atoms with E-state index in [0.29, 0.717) is 18.6 Å². The van der Waals surface area contributed by atoms with Crippen molar-refractivity contribution < 1.29 is 23.5 Å². The Bertz CT molecular complexity index is 1050. The molecule has 1 aliphatic heterocycles. The molecule has 1 heterocycles. The van der Waals surface area contributed by atoms with E-state index >= 15 is 4.39 Å². The Hall–Kier alpha value is -1.35. The molecule has 8 heteroatoms. The fraction of sp³-hybridized carbons (Fsp3) is 0.778. The summed E-state index contributed by atoms with van der Waals surface area (Å²) in [6, 6.07) is 0. The number of carbonyl (C=O) groups is 1. The topological polar surface area (TPSA) is 97.4 Å². The van der Waals surface area contributed by atoms with E-state index in [1.807, 2.05) is 26.0 Å². The number of nitrogens with zero attached hydrogens (tertiary/aromatic N) is 1. The molecule has 8 atom stereocenters. The van der Waals surface area contributed by atoms with E-state index in [2.05, 4.69) is 39.0 Å². The van der Waals surface area contributed by atoms with Crippen LogP contribution in [-0.2, 0) is 14.0 Å². The number of fused-ring (bicyclic) bond motifs is 4. The van der Waals surface area contributed by atoms with Gasteiger partial charge in [-0.15, -0.1) is 0 Å². The average molecular weight is 505 g/mol. The molecule has 0 unspecified atom stereocenters. The number of halogens is 1. The van der Waals surface area contributed by atoms with Gasteiger partial charge in [-0.2, -0.15) is 5.10 Å². The first-order chi connectivity index (χ1) is 16.1. The van der Waals surface area contributed by atoms with Crippen molar-refractivity contribution in [3.05, 3.63) is 23.8 Å². The van der Waals surface area contributed by atoms with Gasteiger partial charge >= 0.3 is 0 Å². The number of alkyl halides is 1. The summed E-state index contributed by atoms with van der Waals surface area (Å²) in [5, 5.41) is 15.2. The number of carbonyl (C=O) groups excluding carboxylic acids is 1. The molecule has 0 aromatic heterocycles. The van der Waals surface area contributed by atoms with Gasteiger partial charge in [0.1, 0.15) is 5.60 Å². The van der Waals surface area contributed by atoms with Crippen LogP contribution in [0.1, 0.15) is 60.3 Å². The largest absolute Gasteiger partial charge is 0.409 e.